The Hall–Kier alpha value is -2.17. The van der Waals surface area contributed by atoms with E-state index in [1.807, 2.05) is 6.07 Å². The van der Waals surface area contributed by atoms with Crippen LogP contribution in [0.25, 0.3) is 0 Å². The second-order valence-corrected chi connectivity index (χ2v) is 5.00. The second kappa shape index (κ2) is 6.52. The first-order valence-corrected chi connectivity index (χ1v) is 6.78. The number of para-hydroxylation sites is 1. The Morgan fingerprint density at radius 3 is 2.19 bits per heavy atom. The van der Waals surface area contributed by atoms with Crippen molar-refractivity contribution in [2.45, 2.75) is 13.0 Å². The molecule has 1 atom stereocenters. The van der Waals surface area contributed by atoms with Gasteiger partial charge in [0.2, 0.25) is 5.78 Å². The van der Waals surface area contributed by atoms with Crippen molar-refractivity contribution in [1.29, 1.82) is 0 Å². The molecule has 0 radical (unpaired) electrons. The molecule has 0 aliphatic carbocycles. The number of rotatable bonds is 5. The summed E-state index contributed by atoms with van der Waals surface area (Å²) in [6.45, 7) is 1.23. The Morgan fingerprint density at radius 1 is 1.05 bits per heavy atom. The molecule has 0 fully saturated rings. The van der Waals surface area contributed by atoms with Crippen LogP contribution in [0.5, 0.6) is 0 Å². The van der Waals surface area contributed by atoms with E-state index in [1.54, 1.807) is 48.5 Å². The van der Waals surface area contributed by atoms with Gasteiger partial charge in [0, 0.05) is 6.92 Å². The lowest BCUT2D eigenvalue weighted by Gasteiger charge is -2.28. The van der Waals surface area contributed by atoms with Crippen molar-refractivity contribution in [3.05, 3.63) is 65.2 Å². The number of nitrogens with zero attached hydrogens (tertiary/aromatic N) is 1. The Bertz CT molecular complexity index is 658. The zero-order valence-electron chi connectivity index (χ0n) is 11.5. The summed E-state index contributed by atoms with van der Waals surface area (Å²) in [5.41, 5.74) is 1.13. The molecule has 0 bridgehead atoms. The van der Waals surface area contributed by atoms with Gasteiger partial charge in [0.1, 0.15) is 6.04 Å². The third-order valence-electron chi connectivity index (χ3n) is 3.12. The molecule has 4 nitrogen and oxygen atoms in total. The third-order valence-corrected chi connectivity index (χ3v) is 3.44. The van der Waals surface area contributed by atoms with E-state index in [4.69, 9.17) is 17.4 Å². The van der Waals surface area contributed by atoms with Gasteiger partial charge in [0.15, 0.2) is 5.78 Å². The molecule has 2 aromatic rings. The fourth-order valence-electron chi connectivity index (χ4n) is 2.07. The molecule has 0 saturated heterocycles. The van der Waals surface area contributed by atoms with E-state index >= 15 is 0 Å². The lowest BCUT2D eigenvalue weighted by atomic mass is 9.99. The predicted molar refractivity (Wildman–Crippen MR) is 83.0 cm³/mol. The van der Waals surface area contributed by atoms with Gasteiger partial charge in [-0.15, -0.1) is 0 Å². The molecule has 0 heterocycles. The minimum atomic E-state index is -0.899. The summed E-state index contributed by atoms with van der Waals surface area (Å²) < 4.78 is 0. The molecule has 0 spiro atoms. The van der Waals surface area contributed by atoms with E-state index in [2.05, 4.69) is 0 Å². The topological polar surface area (TPSA) is 63.4 Å². The number of nitrogens with two attached hydrogens (primary N) is 1. The van der Waals surface area contributed by atoms with Crippen LogP contribution in [-0.4, -0.2) is 11.6 Å². The number of ketones is 2. The minimum Gasteiger partial charge on any atom is -0.294 e. The van der Waals surface area contributed by atoms with Gasteiger partial charge in [0.25, 0.3) is 0 Å². The van der Waals surface area contributed by atoms with E-state index in [9.17, 15) is 9.59 Å². The molecule has 2 rings (SSSR count). The lowest BCUT2D eigenvalue weighted by Crippen LogP contribution is -2.42. The smallest absolute Gasteiger partial charge is 0.226 e. The number of hydrogen-bond donors (Lipinski definition) is 1. The number of carbonyl (C=O) groups excluding carboxylic acids is 2. The minimum absolute atomic E-state index is 0.414. The van der Waals surface area contributed by atoms with Crippen LogP contribution in [0.1, 0.15) is 18.5 Å². The number of halogens is 1. The predicted octanol–water partition coefficient (Wildman–Crippen LogP) is 2.92. The van der Waals surface area contributed by atoms with Gasteiger partial charge in [-0.3, -0.25) is 14.6 Å². The highest BCUT2D eigenvalue weighted by molar-refractivity contribution is 6.39. The first-order chi connectivity index (χ1) is 10.0. The molecule has 0 aliphatic rings. The van der Waals surface area contributed by atoms with Crippen molar-refractivity contribution in [3.63, 3.8) is 0 Å². The molecule has 2 aromatic carbocycles. The van der Waals surface area contributed by atoms with E-state index in [1.165, 1.54) is 11.9 Å². The van der Waals surface area contributed by atoms with Crippen LogP contribution in [0.15, 0.2) is 54.6 Å². The zero-order chi connectivity index (χ0) is 15.4. The van der Waals surface area contributed by atoms with Crippen LogP contribution in [0.4, 0.5) is 5.69 Å². The van der Waals surface area contributed by atoms with Gasteiger partial charge in [0.05, 0.1) is 10.7 Å². The lowest BCUT2D eigenvalue weighted by molar-refractivity contribution is -0.136. The van der Waals surface area contributed by atoms with Crippen LogP contribution in [0, 0.1) is 0 Å². The van der Waals surface area contributed by atoms with Crippen molar-refractivity contribution >= 4 is 28.9 Å². The van der Waals surface area contributed by atoms with Crippen molar-refractivity contribution < 1.29 is 9.59 Å². The quantitative estimate of drug-likeness (QED) is 0.524. The highest BCUT2D eigenvalue weighted by Gasteiger charge is 2.29. The summed E-state index contributed by atoms with van der Waals surface area (Å²) in [7, 11) is 0. The number of benzene rings is 2. The SMILES string of the molecule is CC(=O)C(=O)C(c1ccccc1)N(N)c1ccccc1Cl. The van der Waals surface area contributed by atoms with Gasteiger partial charge in [-0.05, 0) is 17.7 Å². The van der Waals surface area contributed by atoms with E-state index < -0.39 is 17.6 Å². The largest absolute Gasteiger partial charge is 0.294 e. The number of hydrogen-bond acceptors (Lipinski definition) is 4. The molecule has 21 heavy (non-hydrogen) atoms. The Balaban J connectivity index is 2.48. The van der Waals surface area contributed by atoms with Crippen LogP contribution in [0.2, 0.25) is 5.02 Å². The van der Waals surface area contributed by atoms with Crippen LogP contribution >= 0.6 is 11.6 Å². The van der Waals surface area contributed by atoms with Gasteiger partial charge in [-0.1, -0.05) is 54.1 Å². The van der Waals surface area contributed by atoms with Gasteiger partial charge in [-0.25, -0.2) is 5.84 Å². The number of carbonyl (C=O) groups is 2. The normalized spacial score (nSPS) is 11.8. The maximum Gasteiger partial charge on any atom is 0.226 e. The molecular weight excluding hydrogens is 288 g/mol. The molecule has 108 valence electrons. The molecule has 0 aliphatic heterocycles. The number of anilines is 1. The second-order valence-electron chi connectivity index (χ2n) is 4.59. The zero-order valence-corrected chi connectivity index (χ0v) is 12.2. The fraction of sp³-hybridized carbons (Fsp3) is 0.125. The molecule has 1 unspecified atom stereocenters. The summed E-state index contributed by atoms with van der Waals surface area (Å²) in [4.78, 5) is 23.8. The monoisotopic (exact) mass is 302 g/mol. The Morgan fingerprint density at radius 2 is 1.62 bits per heavy atom. The van der Waals surface area contributed by atoms with Gasteiger partial charge in [-0.2, -0.15) is 0 Å². The molecule has 2 N–H and O–H groups in total. The third kappa shape index (κ3) is 3.29. The van der Waals surface area contributed by atoms with Crippen molar-refractivity contribution in [2.75, 3.05) is 5.01 Å². The summed E-state index contributed by atoms with van der Waals surface area (Å²) >= 11 is 6.12. The maximum atomic E-state index is 12.3. The highest BCUT2D eigenvalue weighted by atomic mass is 35.5. The van der Waals surface area contributed by atoms with E-state index in [0.29, 0.717) is 16.3 Å². The number of hydrazine groups is 1. The van der Waals surface area contributed by atoms with Crippen LogP contribution in [0.3, 0.4) is 0 Å². The summed E-state index contributed by atoms with van der Waals surface area (Å²) in [5, 5.41) is 1.65. The van der Waals surface area contributed by atoms with Crippen molar-refractivity contribution in [1.82, 2.24) is 0 Å². The summed E-state index contributed by atoms with van der Waals surface area (Å²) in [6.07, 6.45) is 0. The average molecular weight is 303 g/mol. The van der Waals surface area contributed by atoms with E-state index in [-0.39, 0.29) is 0 Å². The molecule has 5 heteroatoms. The molecule has 0 amide bonds. The first-order valence-electron chi connectivity index (χ1n) is 6.40. The van der Waals surface area contributed by atoms with Gasteiger partial charge >= 0.3 is 0 Å². The molecule has 0 aromatic heterocycles. The summed E-state index contributed by atoms with van der Waals surface area (Å²) in [6, 6.07) is 14.9. The molecule has 0 saturated carbocycles. The maximum absolute atomic E-state index is 12.3. The van der Waals surface area contributed by atoms with Crippen LogP contribution in [-0.2, 0) is 9.59 Å². The van der Waals surface area contributed by atoms with Crippen LogP contribution < -0.4 is 10.9 Å². The van der Waals surface area contributed by atoms with Crippen molar-refractivity contribution in [3.8, 4) is 0 Å². The fourth-order valence-corrected chi connectivity index (χ4v) is 2.30. The molecular formula is C16H15ClN2O2. The van der Waals surface area contributed by atoms with E-state index in [0.717, 1.165) is 0 Å². The summed E-state index contributed by atoms with van der Waals surface area (Å²) in [5.74, 6) is 4.96. The highest BCUT2D eigenvalue weighted by Crippen LogP contribution is 2.30. The first kappa shape index (κ1) is 15.2. The average Bonchev–Trinajstić information content (AvgIpc) is 2.48. The van der Waals surface area contributed by atoms with Gasteiger partial charge < -0.3 is 0 Å². The Labute approximate surface area is 128 Å². The Kier molecular flexibility index (Phi) is 4.73. The van der Waals surface area contributed by atoms with Crippen molar-refractivity contribution in [2.24, 2.45) is 5.84 Å². The standard InChI is InChI=1S/C16H15ClN2O2/c1-11(20)16(21)15(12-7-3-2-4-8-12)19(18)14-10-6-5-9-13(14)17/h2-10,15H,18H2,1H3. The number of Topliss-reactive ketones (excluding diaryl/α,β-unsaturated/α-hetero) is 2.